The van der Waals surface area contributed by atoms with Gasteiger partial charge in [-0.05, 0) is 118 Å². The summed E-state index contributed by atoms with van der Waals surface area (Å²) in [5, 5.41) is 81.8. The number of hydrogen-bond acceptors (Lipinski definition) is 26. The van der Waals surface area contributed by atoms with Crippen molar-refractivity contribution in [3.8, 4) is 34.6 Å². The number of esters is 4. The Bertz CT molecular complexity index is 4170. The van der Waals surface area contributed by atoms with Crippen molar-refractivity contribution in [3.05, 3.63) is 131 Å². The van der Waals surface area contributed by atoms with Crippen LogP contribution in [-0.2, 0) is 47.6 Å². The Balaban J connectivity index is 0.783. The Labute approximate surface area is 583 Å². The van der Waals surface area contributed by atoms with Crippen LogP contribution in [0.15, 0.2) is 115 Å². The van der Waals surface area contributed by atoms with E-state index in [1.54, 1.807) is 89.2 Å². The summed E-state index contributed by atoms with van der Waals surface area (Å²) in [6, 6.07) is 24.5. The highest BCUT2D eigenvalue weighted by Crippen LogP contribution is 2.64. The van der Waals surface area contributed by atoms with Gasteiger partial charge in [-0.2, -0.15) is 4.98 Å². The number of piperazine rings is 1. The minimum absolute atomic E-state index is 0.0415. The molecule has 5 fully saturated rings. The van der Waals surface area contributed by atoms with E-state index in [0.29, 0.717) is 60.5 Å². The summed E-state index contributed by atoms with van der Waals surface area (Å²) < 4.78 is 38.6. The zero-order valence-corrected chi connectivity index (χ0v) is 58.0. The molecule has 28 nitrogen and oxygen atoms in total. The normalized spacial score (nSPS) is 26.4. The molecule has 1 amide bonds. The van der Waals surface area contributed by atoms with E-state index in [9.17, 15) is 49.8 Å². The molecule has 101 heavy (non-hydrogen) atoms. The number of aromatic hydroxyl groups is 3. The molecule has 3 saturated heterocycles. The summed E-state index contributed by atoms with van der Waals surface area (Å²) in [4.78, 5) is 108. The topological polar surface area (TPSA) is 370 Å². The molecule has 0 spiro atoms. The van der Waals surface area contributed by atoms with Crippen LogP contribution in [0.5, 0.6) is 17.5 Å². The molecule has 2 bridgehead atoms. The molecular formula is C73H86N10O18. The van der Waals surface area contributed by atoms with Crippen LogP contribution >= 0.6 is 0 Å². The second-order valence-electron chi connectivity index (χ2n) is 29.1. The van der Waals surface area contributed by atoms with Crippen LogP contribution in [0.4, 0.5) is 22.4 Å². The number of hydrogen-bond donors (Lipinski definition) is 7. The maximum absolute atomic E-state index is 15.6. The fourth-order valence-electron chi connectivity index (χ4n) is 15.7. The van der Waals surface area contributed by atoms with Crippen LogP contribution in [0.25, 0.3) is 17.1 Å². The van der Waals surface area contributed by atoms with Crippen LogP contribution in [0.1, 0.15) is 128 Å². The molecular weight excluding hydrogens is 1300 g/mol. The number of nitrogens with one attached hydrogen (secondary N) is 1. The van der Waals surface area contributed by atoms with E-state index in [-0.39, 0.29) is 84.9 Å². The van der Waals surface area contributed by atoms with Crippen LogP contribution < -0.4 is 20.0 Å². The van der Waals surface area contributed by atoms with Gasteiger partial charge in [-0.15, -0.1) is 5.10 Å². The third-order valence-corrected chi connectivity index (χ3v) is 21.1. The fourth-order valence-corrected chi connectivity index (χ4v) is 15.7. The van der Waals surface area contributed by atoms with Crippen molar-refractivity contribution in [2.75, 3.05) is 60.6 Å². The number of nitrogens with zero attached hydrogens (tertiary/aromatic N) is 9. The van der Waals surface area contributed by atoms with Crippen molar-refractivity contribution in [1.82, 2.24) is 35.0 Å². The van der Waals surface area contributed by atoms with Gasteiger partial charge in [0, 0.05) is 76.2 Å². The maximum Gasteiger partial charge on any atom is 0.408 e. The number of Topliss-reactive ketones (excluding diaryl/α,β-unsaturated/α-hetero) is 1. The number of ketones is 1. The molecule has 3 aliphatic carbocycles. The summed E-state index contributed by atoms with van der Waals surface area (Å²) >= 11 is 0. The van der Waals surface area contributed by atoms with E-state index in [1.165, 1.54) is 42.9 Å². The third-order valence-electron chi connectivity index (χ3n) is 21.1. The predicted octanol–water partition coefficient (Wildman–Crippen LogP) is 6.73. The third kappa shape index (κ3) is 13.1. The molecule has 5 heterocycles. The smallest absolute Gasteiger partial charge is 0.408 e. The first-order chi connectivity index (χ1) is 47.8. The summed E-state index contributed by atoms with van der Waals surface area (Å²) in [7, 11) is 0. The van der Waals surface area contributed by atoms with Gasteiger partial charge in [0.2, 0.25) is 18.0 Å². The average molecular weight is 1390 g/mol. The summed E-state index contributed by atoms with van der Waals surface area (Å²) in [6.07, 6.45) is -10.3. The molecule has 0 radical (unpaired) electrons. The molecule has 6 aromatic rings. The number of aliphatic hydroxyl groups is 3. The number of phenols is 2. The number of anilines is 3. The molecule has 3 aliphatic heterocycles. The predicted molar refractivity (Wildman–Crippen MR) is 363 cm³/mol. The molecule has 6 aliphatic rings. The number of amides is 1. The monoisotopic (exact) mass is 1390 g/mol. The first kappa shape index (κ1) is 71.1. The van der Waals surface area contributed by atoms with Crippen molar-refractivity contribution < 1.29 is 87.8 Å². The molecule has 11 atom stereocenters. The standard InChI is InChI=1S/C73H86N10O18/c1-39(2)47-33-48(50(86)34-49(47)85)61-78-79-67(93)83(61)46-23-21-45(22-24-46)80-29-31-82(32-30-80)66-75-38-74-65(77-66)81-27-25-44(26-28-81)62(90)98-57(55(42-17-13-11-14-18-42)76-68(94)101-69(5,6)7)64(92)97-51-36-73(95)60(99-63(91)43-19-15-12-16-20-43)58-71(10,59(89)56(88)54(40(51)3)70(73,8)9)52(87)35-53-72(58,37-96-53)100-41(4)84/h11-24,33-34,38-39,44,51-53,55-58,60,85-88,95H,25-32,35-37H2,1-10H3,(H,76,94)(H,79,93)/t51-,52-,53+,55-,56+,57+,58?,60-,71+,72-,73?/m0/s1. The quantitative estimate of drug-likeness (QED) is 0.0300. The van der Waals surface area contributed by atoms with Gasteiger partial charge in [0.15, 0.2) is 17.2 Å². The van der Waals surface area contributed by atoms with Crippen LogP contribution in [-0.4, -0.2) is 195 Å². The number of ether oxygens (including phenoxy) is 6. The molecule has 536 valence electrons. The van der Waals surface area contributed by atoms with Crippen LogP contribution in [0, 0.1) is 22.7 Å². The molecule has 4 aromatic carbocycles. The van der Waals surface area contributed by atoms with Crippen LogP contribution in [0.2, 0.25) is 0 Å². The number of fused-ring (bicyclic) bond motifs is 5. The Morgan fingerprint density at radius 1 is 0.772 bits per heavy atom. The summed E-state index contributed by atoms with van der Waals surface area (Å²) in [5.74, 6) is -6.53. The van der Waals surface area contributed by atoms with Gasteiger partial charge >= 0.3 is 36.0 Å². The molecule has 2 unspecified atom stereocenters. The van der Waals surface area contributed by atoms with Crippen molar-refractivity contribution in [1.29, 1.82) is 0 Å². The highest BCUT2D eigenvalue weighted by molar-refractivity contribution is 5.94. The van der Waals surface area contributed by atoms with Gasteiger partial charge in [0.1, 0.15) is 59.5 Å². The molecule has 12 rings (SSSR count). The Morgan fingerprint density at radius 2 is 1.39 bits per heavy atom. The van der Waals surface area contributed by atoms with E-state index in [4.69, 9.17) is 33.4 Å². The SMILES string of the molecule is CC(=O)O[C@@]12CO[C@@H]1C[C@H](O)[C@@]1(C)C(=O)[C@H](O)C3=C(C)[C@@H](OC(=O)[C@H](OC(=O)C4CCN(c5ncnc(N6CCN(c7ccc(-n8c(O)nnc8-c8cc(C(C)C)c(O)cc8O)cc7)CC6)n5)CC4)[C@@H](NC(=O)OC(C)(C)C)c4ccccc4)CC(O)([C@@H](OC(=O)c4ccccc4)C12)C3(C)C. The number of piperidine rings is 1. The number of aromatic nitrogens is 6. The van der Waals surface area contributed by atoms with E-state index in [1.807, 2.05) is 47.9 Å². The summed E-state index contributed by atoms with van der Waals surface area (Å²) in [6.45, 7) is 18.4. The lowest BCUT2D eigenvalue weighted by Crippen LogP contribution is -2.81. The molecule has 7 N–H and O–H groups in total. The van der Waals surface area contributed by atoms with E-state index in [0.717, 1.165) is 12.6 Å². The zero-order chi connectivity index (χ0) is 72.4. The lowest BCUT2D eigenvalue weighted by Gasteiger charge is -2.67. The van der Waals surface area contributed by atoms with Crippen molar-refractivity contribution >= 4 is 53.3 Å². The maximum atomic E-state index is 15.6. The number of carbonyl (C=O) groups is 6. The Kier molecular flexibility index (Phi) is 19.2. The lowest BCUT2D eigenvalue weighted by atomic mass is 9.44. The number of aliphatic hydroxyl groups excluding tert-OH is 2. The van der Waals surface area contributed by atoms with E-state index in [2.05, 4.69) is 30.4 Å². The van der Waals surface area contributed by atoms with Gasteiger partial charge in [0.05, 0.1) is 46.8 Å². The Hall–Kier alpha value is -9.77. The lowest BCUT2D eigenvalue weighted by molar-refractivity contribution is -0.346. The van der Waals surface area contributed by atoms with Crippen LogP contribution in [0.3, 0.4) is 0 Å². The minimum Gasteiger partial charge on any atom is -0.508 e. The van der Waals surface area contributed by atoms with E-state index < -0.39 is 124 Å². The highest BCUT2D eigenvalue weighted by Gasteiger charge is 2.78. The van der Waals surface area contributed by atoms with Gasteiger partial charge < -0.3 is 79.1 Å². The van der Waals surface area contributed by atoms with Gasteiger partial charge in [-0.1, -0.05) is 81.3 Å². The number of benzene rings is 4. The number of alkyl carbamates (subject to hydrolysis) is 1. The highest BCUT2D eigenvalue weighted by atomic mass is 16.6. The number of rotatable bonds is 16. The zero-order valence-electron chi connectivity index (χ0n) is 58.0. The van der Waals surface area contributed by atoms with Gasteiger partial charge in [0.25, 0.3) is 0 Å². The Morgan fingerprint density at radius 3 is 1.99 bits per heavy atom. The summed E-state index contributed by atoms with van der Waals surface area (Å²) in [5.41, 5.74) is -6.51. The molecule has 28 heteroatoms. The first-order valence-corrected chi connectivity index (χ1v) is 34.0. The van der Waals surface area contributed by atoms with Crippen molar-refractivity contribution in [2.24, 2.45) is 22.7 Å². The second-order valence-corrected chi connectivity index (χ2v) is 29.1. The number of phenolic OH excluding ortho intramolecular Hbond substituents is 2. The van der Waals surface area contributed by atoms with E-state index >= 15 is 9.59 Å². The van der Waals surface area contributed by atoms with Crippen molar-refractivity contribution in [3.63, 3.8) is 0 Å². The van der Waals surface area contributed by atoms with Gasteiger partial charge in [-0.25, -0.2) is 28.9 Å². The number of carbonyl (C=O) groups excluding carboxylic acids is 6. The first-order valence-electron chi connectivity index (χ1n) is 34.0. The average Bonchev–Trinajstić information content (AvgIpc) is 0.944. The largest absolute Gasteiger partial charge is 0.508 e. The molecule has 2 aromatic heterocycles. The van der Waals surface area contributed by atoms with Gasteiger partial charge in [-0.3, -0.25) is 14.4 Å². The van der Waals surface area contributed by atoms with Crippen molar-refractivity contribution in [2.45, 2.75) is 160 Å². The fraction of sp³-hybridized carbons (Fsp3) is 0.493. The minimum atomic E-state index is -2.48. The second kappa shape index (κ2) is 27.3. The molecule has 2 saturated carbocycles.